The van der Waals surface area contributed by atoms with Crippen molar-refractivity contribution in [1.82, 2.24) is 0 Å². The van der Waals surface area contributed by atoms with Crippen molar-refractivity contribution in [2.45, 2.75) is 52.9 Å². The third-order valence-corrected chi connectivity index (χ3v) is 3.96. The van der Waals surface area contributed by atoms with Crippen LogP contribution in [0.3, 0.4) is 0 Å². The van der Waals surface area contributed by atoms with E-state index in [1.165, 1.54) is 25.7 Å². The third kappa shape index (κ3) is 7.37. The van der Waals surface area contributed by atoms with Crippen LogP contribution in [0.2, 0.25) is 0 Å². The van der Waals surface area contributed by atoms with Crippen LogP contribution in [0.4, 0.5) is 11.4 Å². The van der Waals surface area contributed by atoms with Gasteiger partial charge in [0.05, 0.1) is 0 Å². The predicted molar refractivity (Wildman–Crippen MR) is 92.8 cm³/mol. The molecule has 0 aromatic heterocycles. The minimum absolute atomic E-state index is 0.734. The molecule has 3 heteroatoms. The van der Waals surface area contributed by atoms with Gasteiger partial charge in [0, 0.05) is 31.1 Å². The van der Waals surface area contributed by atoms with Crippen LogP contribution in [-0.4, -0.2) is 19.8 Å². The molecule has 0 fully saturated rings. The summed E-state index contributed by atoms with van der Waals surface area (Å²) < 4.78 is 5.80. The summed E-state index contributed by atoms with van der Waals surface area (Å²) in [5, 5.41) is 3.41. The van der Waals surface area contributed by atoms with Crippen LogP contribution in [0.25, 0.3) is 0 Å². The van der Waals surface area contributed by atoms with Gasteiger partial charge >= 0.3 is 0 Å². The number of hydrogen-bond acceptors (Lipinski definition) is 3. The highest BCUT2D eigenvalue weighted by atomic mass is 16.5. The first-order valence-corrected chi connectivity index (χ1v) is 8.35. The van der Waals surface area contributed by atoms with E-state index < -0.39 is 0 Å². The number of nitrogen functional groups attached to an aromatic ring is 1. The maximum atomic E-state index is 5.81. The second-order valence-corrected chi connectivity index (χ2v) is 5.84. The molecule has 1 atom stereocenters. The summed E-state index contributed by atoms with van der Waals surface area (Å²) in [5.41, 5.74) is 8.92. The lowest BCUT2D eigenvalue weighted by Crippen LogP contribution is -2.12. The van der Waals surface area contributed by atoms with Crippen LogP contribution in [0, 0.1) is 12.8 Å². The highest BCUT2D eigenvalue weighted by molar-refractivity contribution is 5.56. The molecule has 0 bridgehead atoms. The van der Waals surface area contributed by atoms with Crippen molar-refractivity contribution >= 4 is 11.4 Å². The summed E-state index contributed by atoms with van der Waals surface area (Å²) in [4.78, 5) is 0. The number of nitrogens with one attached hydrogen (secondary N) is 1. The molecule has 0 radical (unpaired) electrons. The minimum Gasteiger partial charge on any atom is -0.399 e. The Morgan fingerprint density at radius 1 is 1.24 bits per heavy atom. The number of unbranched alkanes of at least 4 members (excludes halogenated alkanes) is 1. The summed E-state index contributed by atoms with van der Waals surface area (Å²) in [6.07, 6.45) is 6.16. The van der Waals surface area contributed by atoms with Gasteiger partial charge in [0.1, 0.15) is 0 Å². The number of ether oxygens (including phenoxy) is 1. The van der Waals surface area contributed by atoms with E-state index in [1.807, 2.05) is 19.1 Å². The first-order chi connectivity index (χ1) is 10.2. The molecule has 1 rings (SSSR count). The fourth-order valence-corrected chi connectivity index (χ4v) is 2.34. The lowest BCUT2D eigenvalue weighted by atomic mass is 10.0. The smallest absolute Gasteiger partial charge is 0.0494 e. The zero-order valence-electron chi connectivity index (χ0n) is 14.0. The monoisotopic (exact) mass is 292 g/mol. The van der Waals surface area contributed by atoms with Gasteiger partial charge in [-0.25, -0.2) is 0 Å². The number of hydrogen-bond donors (Lipinski definition) is 2. The van der Waals surface area contributed by atoms with Gasteiger partial charge in [-0.3, -0.25) is 0 Å². The molecule has 0 aliphatic rings. The van der Waals surface area contributed by atoms with Crippen molar-refractivity contribution in [3.05, 3.63) is 23.8 Å². The average Bonchev–Trinajstić information content (AvgIpc) is 2.49. The average molecular weight is 292 g/mol. The SMILES string of the molecule is CCCCC(CC)COCCCNc1ccc(N)c(C)c1. The Morgan fingerprint density at radius 2 is 2.05 bits per heavy atom. The molecule has 0 saturated carbocycles. The Labute approximate surface area is 130 Å². The van der Waals surface area contributed by atoms with Crippen molar-refractivity contribution in [2.75, 3.05) is 30.8 Å². The third-order valence-electron chi connectivity index (χ3n) is 3.96. The zero-order valence-corrected chi connectivity index (χ0v) is 14.0. The standard InChI is InChI=1S/C18H32N2O/c1-4-6-8-16(5-2)14-21-12-7-11-20-17-9-10-18(19)15(3)13-17/h9-10,13,16,20H,4-8,11-12,14,19H2,1-3H3. The molecule has 0 aliphatic heterocycles. The van der Waals surface area contributed by atoms with Gasteiger partial charge in [-0.15, -0.1) is 0 Å². The van der Waals surface area contributed by atoms with E-state index in [0.29, 0.717) is 0 Å². The maximum Gasteiger partial charge on any atom is 0.0494 e. The highest BCUT2D eigenvalue weighted by Gasteiger charge is 2.05. The Balaban J connectivity index is 2.09. The molecule has 3 nitrogen and oxygen atoms in total. The van der Waals surface area contributed by atoms with Crippen LogP contribution in [-0.2, 0) is 4.74 Å². The number of nitrogens with two attached hydrogens (primary N) is 1. The lowest BCUT2D eigenvalue weighted by Gasteiger charge is -2.15. The van der Waals surface area contributed by atoms with Crippen LogP contribution >= 0.6 is 0 Å². The van der Waals surface area contributed by atoms with Gasteiger partial charge in [0.2, 0.25) is 0 Å². The first-order valence-electron chi connectivity index (χ1n) is 8.35. The van der Waals surface area contributed by atoms with E-state index in [-0.39, 0.29) is 0 Å². The van der Waals surface area contributed by atoms with Gasteiger partial charge in [-0.2, -0.15) is 0 Å². The second-order valence-electron chi connectivity index (χ2n) is 5.84. The molecule has 1 unspecified atom stereocenters. The largest absolute Gasteiger partial charge is 0.399 e. The Hall–Kier alpha value is -1.22. The van der Waals surface area contributed by atoms with Crippen molar-refractivity contribution in [3.63, 3.8) is 0 Å². The van der Waals surface area contributed by atoms with Crippen molar-refractivity contribution in [1.29, 1.82) is 0 Å². The van der Waals surface area contributed by atoms with Crippen LogP contribution in [0.15, 0.2) is 18.2 Å². The van der Waals surface area contributed by atoms with E-state index in [1.54, 1.807) is 0 Å². The van der Waals surface area contributed by atoms with Gasteiger partial charge in [-0.1, -0.05) is 33.1 Å². The topological polar surface area (TPSA) is 47.3 Å². The maximum absolute atomic E-state index is 5.81. The van der Waals surface area contributed by atoms with E-state index in [4.69, 9.17) is 10.5 Å². The van der Waals surface area contributed by atoms with E-state index in [2.05, 4.69) is 25.2 Å². The van der Waals surface area contributed by atoms with Gasteiger partial charge in [0.25, 0.3) is 0 Å². The normalized spacial score (nSPS) is 12.3. The highest BCUT2D eigenvalue weighted by Crippen LogP contribution is 2.16. The summed E-state index contributed by atoms with van der Waals surface area (Å²) in [6.45, 7) is 9.23. The summed E-state index contributed by atoms with van der Waals surface area (Å²) in [7, 11) is 0. The minimum atomic E-state index is 0.734. The van der Waals surface area contributed by atoms with Crippen molar-refractivity contribution in [3.8, 4) is 0 Å². The predicted octanol–water partition coefficient (Wildman–Crippen LogP) is 4.61. The van der Waals surface area contributed by atoms with Crippen LogP contribution < -0.4 is 11.1 Å². The Morgan fingerprint density at radius 3 is 2.71 bits per heavy atom. The molecule has 120 valence electrons. The van der Waals surface area contributed by atoms with Gasteiger partial charge < -0.3 is 15.8 Å². The number of anilines is 2. The number of aryl methyl sites for hydroxylation is 1. The van der Waals surface area contributed by atoms with Crippen LogP contribution in [0.1, 0.15) is 51.5 Å². The molecule has 1 aromatic rings. The molecule has 3 N–H and O–H groups in total. The summed E-state index contributed by atoms with van der Waals surface area (Å²) in [6, 6.07) is 6.07. The van der Waals surface area contributed by atoms with E-state index >= 15 is 0 Å². The number of benzene rings is 1. The second kappa shape index (κ2) is 10.5. The quantitative estimate of drug-likeness (QED) is 0.462. The molecule has 0 aliphatic carbocycles. The van der Waals surface area contributed by atoms with Gasteiger partial charge in [0.15, 0.2) is 0 Å². The Kier molecular flexibility index (Phi) is 8.91. The van der Waals surface area contributed by atoms with E-state index in [0.717, 1.165) is 49.0 Å². The molecule has 1 aromatic carbocycles. The van der Waals surface area contributed by atoms with Crippen LogP contribution in [0.5, 0.6) is 0 Å². The summed E-state index contributed by atoms with van der Waals surface area (Å²) in [5.74, 6) is 0.734. The molecular formula is C18H32N2O. The molecule has 0 amide bonds. The molecular weight excluding hydrogens is 260 g/mol. The van der Waals surface area contributed by atoms with Crippen molar-refractivity contribution < 1.29 is 4.74 Å². The van der Waals surface area contributed by atoms with E-state index in [9.17, 15) is 0 Å². The fourth-order valence-electron chi connectivity index (χ4n) is 2.34. The fraction of sp³-hybridized carbons (Fsp3) is 0.667. The molecule has 0 saturated heterocycles. The lowest BCUT2D eigenvalue weighted by molar-refractivity contribution is 0.0937. The van der Waals surface area contributed by atoms with Gasteiger partial charge in [-0.05, 0) is 49.4 Å². The molecule has 0 heterocycles. The number of rotatable bonds is 11. The zero-order chi connectivity index (χ0) is 15.5. The molecule has 0 spiro atoms. The first kappa shape index (κ1) is 17.8. The van der Waals surface area contributed by atoms with Crippen molar-refractivity contribution in [2.24, 2.45) is 5.92 Å². The Bertz CT molecular complexity index is 393. The molecule has 21 heavy (non-hydrogen) atoms. The summed E-state index contributed by atoms with van der Waals surface area (Å²) >= 11 is 0.